The predicted molar refractivity (Wildman–Crippen MR) is 70.3 cm³/mol. The predicted octanol–water partition coefficient (Wildman–Crippen LogP) is 1.66. The molecule has 1 aromatic carbocycles. The summed E-state index contributed by atoms with van der Waals surface area (Å²) in [6, 6.07) is 5.78. The van der Waals surface area contributed by atoms with Gasteiger partial charge in [0, 0.05) is 12.6 Å². The van der Waals surface area contributed by atoms with E-state index in [1.807, 2.05) is 36.7 Å². The summed E-state index contributed by atoms with van der Waals surface area (Å²) in [5.74, 6) is 2.33. The molecule has 0 fully saturated rings. The summed E-state index contributed by atoms with van der Waals surface area (Å²) in [6.45, 7) is 3.04. The van der Waals surface area contributed by atoms with Gasteiger partial charge in [-0.2, -0.15) is 0 Å². The molecule has 0 bridgehead atoms. The van der Waals surface area contributed by atoms with Gasteiger partial charge in [0.05, 0.1) is 18.0 Å². The third kappa shape index (κ3) is 1.96. The van der Waals surface area contributed by atoms with Gasteiger partial charge in [0.25, 0.3) is 0 Å². The van der Waals surface area contributed by atoms with Crippen LogP contribution in [0.2, 0.25) is 0 Å². The van der Waals surface area contributed by atoms with Crippen molar-refractivity contribution in [1.82, 2.24) is 9.55 Å². The van der Waals surface area contributed by atoms with Crippen LogP contribution in [-0.2, 0) is 13.7 Å². The van der Waals surface area contributed by atoms with E-state index in [-0.39, 0.29) is 6.61 Å². The molecule has 3 rings (SSSR count). The van der Waals surface area contributed by atoms with Gasteiger partial charge in [-0.1, -0.05) is 0 Å². The fraction of sp³-hybridized carbons (Fsp3) is 0.357. The monoisotopic (exact) mass is 260 g/mol. The highest BCUT2D eigenvalue weighted by atomic mass is 16.6. The number of ether oxygens (including phenoxy) is 2. The van der Waals surface area contributed by atoms with Gasteiger partial charge < -0.3 is 19.1 Å². The van der Waals surface area contributed by atoms with Crippen molar-refractivity contribution in [3.8, 4) is 22.9 Å². The summed E-state index contributed by atoms with van der Waals surface area (Å²) in [7, 11) is 1.90. The molecule has 0 aliphatic carbocycles. The molecule has 100 valence electrons. The van der Waals surface area contributed by atoms with Crippen LogP contribution in [0.25, 0.3) is 11.4 Å². The Morgan fingerprint density at radius 2 is 2.00 bits per heavy atom. The first-order chi connectivity index (χ1) is 9.20. The van der Waals surface area contributed by atoms with Gasteiger partial charge in [0.1, 0.15) is 19.0 Å². The molecule has 5 heteroatoms. The zero-order valence-corrected chi connectivity index (χ0v) is 11.0. The van der Waals surface area contributed by atoms with E-state index in [1.165, 1.54) is 0 Å². The average molecular weight is 260 g/mol. The summed E-state index contributed by atoms with van der Waals surface area (Å²) >= 11 is 0. The zero-order valence-electron chi connectivity index (χ0n) is 11.0. The van der Waals surface area contributed by atoms with E-state index in [0.29, 0.717) is 13.2 Å². The molecule has 1 N–H and O–H groups in total. The summed E-state index contributed by atoms with van der Waals surface area (Å²) in [5.41, 5.74) is 2.62. The molecular weight excluding hydrogens is 244 g/mol. The number of rotatable bonds is 2. The number of hydrogen-bond donors (Lipinski definition) is 1. The molecule has 2 heterocycles. The third-order valence-electron chi connectivity index (χ3n) is 3.36. The molecule has 1 aliphatic heterocycles. The number of imidazole rings is 1. The van der Waals surface area contributed by atoms with Crippen LogP contribution < -0.4 is 9.47 Å². The van der Waals surface area contributed by atoms with E-state index < -0.39 is 0 Å². The lowest BCUT2D eigenvalue weighted by Gasteiger charge is -2.18. The highest BCUT2D eigenvalue weighted by Gasteiger charge is 2.16. The van der Waals surface area contributed by atoms with E-state index in [4.69, 9.17) is 9.47 Å². The maximum atomic E-state index is 9.35. The second-order valence-electron chi connectivity index (χ2n) is 4.54. The number of aromatic nitrogens is 2. The second-order valence-corrected chi connectivity index (χ2v) is 4.54. The number of aliphatic hydroxyl groups is 1. The van der Waals surface area contributed by atoms with E-state index in [9.17, 15) is 5.11 Å². The molecule has 0 saturated carbocycles. The largest absolute Gasteiger partial charge is 0.486 e. The normalized spacial score (nSPS) is 13.6. The van der Waals surface area contributed by atoms with E-state index in [1.54, 1.807) is 0 Å². The van der Waals surface area contributed by atoms with Gasteiger partial charge in [-0.3, -0.25) is 0 Å². The molecule has 0 saturated heterocycles. The smallest absolute Gasteiger partial charge is 0.162 e. The third-order valence-corrected chi connectivity index (χ3v) is 3.36. The summed E-state index contributed by atoms with van der Waals surface area (Å²) in [4.78, 5) is 4.51. The fourth-order valence-electron chi connectivity index (χ4n) is 2.33. The van der Waals surface area contributed by atoms with Crippen molar-refractivity contribution in [2.45, 2.75) is 13.5 Å². The van der Waals surface area contributed by atoms with Crippen molar-refractivity contribution in [1.29, 1.82) is 0 Å². The van der Waals surface area contributed by atoms with Gasteiger partial charge in [0.15, 0.2) is 11.5 Å². The Morgan fingerprint density at radius 3 is 2.68 bits per heavy atom. The lowest BCUT2D eigenvalue weighted by atomic mass is 10.2. The molecule has 0 radical (unpaired) electrons. The standard InChI is InChI=1S/C14H16N2O3/c1-9-11(8-17)16(2)14(15-9)10-3-4-12-13(7-10)19-6-5-18-12/h3-4,7,17H,5-6,8H2,1-2H3. The zero-order chi connectivity index (χ0) is 13.4. The molecule has 0 unspecified atom stereocenters. The Labute approximate surface area is 111 Å². The lowest BCUT2D eigenvalue weighted by Crippen LogP contribution is -2.15. The molecule has 1 aliphatic rings. The van der Waals surface area contributed by atoms with Crippen molar-refractivity contribution in [3.05, 3.63) is 29.6 Å². The molecule has 2 aromatic rings. The Balaban J connectivity index is 2.07. The quantitative estimate of drug-likeness (QED) is 0.892. The van der Waals surface area contributed by atoms with Crippen molar-refractivity contribution < 1.29 is 14.6 Å². The van der Waals surface area contributed by atoms with Crippen molar-refractivity contribution in [3.63, 3.8) is 0 Å². The van der Waals surface area contributed by atoms with Crippen LogP contribution in [0.1, 0.15) is 11.4 Å². The van der Waals surface area contributed by atoms with Crippen molar-refractivity contribution in [2.24, 2.45) is 7.05 Å². The van der Waals surface area contributed by atoms with Crippen LogP contribution in [0.5, 0.6) is 11.5 Å². The van der Waals surface area contributed by atoms with Gasteiger partial charge in [-0.15, -0.1) is 0 Å². The van der Waals surface area contributed by atoms with Crippen LogP contribution in [0.15, 0.2) is 18.2 Å². The highest BCUT2D eigenvalue weighted by molar-refractivity contribution is 5.62. The Kier molecular flexibility index (Phi) is 2.91. The number of hydrogen-bond acceptors (Lipinski definition) is 4. The van der Waals surface area contributed by atoms with Gasteiger partial charge in [-0.05, 0) is 25.1 Å². The molecule has 0 spiro atoms. The minimum absolute atomic E-state index is 0.0140. The van der Waals surface area contributed by atoms with Crippen LogP contribution in [0.3, 0.4) is 0 Å². The Morgan fingerprint density at radius 1 is 1.26 bits per heavy atom. The number of aryl methyl sites for hydroxylation is 1. The summed E-state index contributed by atoms with van der Waals surface area (Å²) in [5, 5.41) is 9.35. The second kappa shape index (κ2) is 4.59. The van der Waals surface area contributed by atoms with E-state index in [2.05, 4.69) is 4.98 Å². The van der Waals surface area contributed by atoms with E-state index in [0.717, 1.165) is 34.3 Å². The van der Waals surface area contributed by atoms with Crippen LogP contribution in [0, 0.1) is 6.92 Å². The van der Waals surface area contributed by atoms with Crippen molar-refractivity contribution in [2.75, 3.05) is 13.2 Å². The first-order valence-electron chi connectivity index (χ1n) is 6.24. The molecule has 5 nitrogen and oxygen atoms in total. The maximum absolute atomic E-state index is 9.35. The number of benzene rings is 1. The van der Waals surface area contributed by atoms with Gasteiger partial charge in [0.2, 0.25) is 0 Å². The average Bonchev–Trinajstić information content (AvgIpc) is 2.73. The molecule has 0 atom stereocenters. The highest BCUT2D eigenvalue weighted by Crippen LogP contribution is 2.34. The number of aliphatic hydroxyl groups excluding tert-OH is 1. The molecule has 19 heavy (non-hydrogen) atoms. The first-order valence-corrected chi connectivity index (χ1v) is 6.24. The van der Waals surface area contributed by atoms with Crippen LogP contribution in [0.4, 0.5) is 0 Å². The Hall–Kier alpha value is -2.01. The number of fused-ring (bicyclic) bond motifs is 1. The summed E-state index contributed by atoms with van der Waals surface area (Å²) in [6.07, 6.45) is 0. The molecule has 1 aromatic heterocycles. The maximum Gasteiger partial charge on any atom is 0.162 e. The van der Waals surface area contributed by atoms with E-state index >= 15 is 0 Å². The molecular formula is C14H16N2O3. The van der Waals surface area contributed by atoms with Crippen LogP contribution in [-0.4, -0.2) is 27.9 Å². The number of nitrogens with zero attached hydrogens (tertiary/aromatic N) is 2. The minimum atomic E-state index is -0.0140. The first kappa shape index (κ1) is 12.0. The SMILES string of the molecule is Cc1nc(-c2ccc3c(c2)OCCO3)n(C)c1CO. The summed E-state index contributed by atoms with van der Waals surface area (Å²) < 4.78 is 13.0. The van der Waals surface area contributed by atoms with Crippen LogP contribution >= 0.6 is 0 Å². The Bertz CT molecular complexity index is 619. The molecule has 0 amide bonds. The topological polar surface area (TPSA) is 56.5 Å². The lowest BCUT2D eigenvalue weighted by molar-refractivity contribution is 0.171. The van der Waals surface area contributed by atoms with Gasteiger partial charge in [-0.25, -0.2) is 4.98 Å². The van der Waals surface area contributed by atoms with Gasteiger partial charge >= 0.3 is 0 Å². The minimum Gasteiger partial charge on any atom is -0.486 e. The van der Waals surface area contributed by atoms with Crippen molar-refractivity contribution >= 4 is 0 Å². The fourth-order valence-corrected chi connectivity index (χ4v) is 2.33.